The van der Waals surface area contributed by atoms with E-state index in [-0.39, 0.29) is 11.9 Å². The van der Waals surface area contributed by atoms with Gasteiger partial charge < -0.3 is 14.4 Å². The van der Waals surface area contributed by atoms with Crippen LogP contribution in [-0.4, -0.2) is 37.2 Å². The number of amides is 1. The summed E-state index contributed by atoms with van der Waals surface area (Å²) < 4.78 is 10.4. The van der Waals surface area contributed by atoms with Crippen molar-refractivity contribution >= 4 is 5.91 Å². The van der Waals surface area contributed by atoms with Crippen LogP contribution in [0, 0.1) is 0 Å². The summed E-state index contributed by atoms with van der Waals surface area (Å²) in [5.41, 5.74) is 1.84. The lowest BCUT2D eigenvalue weighted by atomic mass is 10.1. The first kappa shape index (κ1) is 12.9. The van der Waals surface area contributed by atoms with Crippen LogP contribution in [0.15, 0.2) is 18.2 Å². The van der Waals surface area contributed by atoms with Gasteiger partial charge in [0.2, 0.25) is 0 Å². The Bertz CT molecular complexity index is 443. The van der Waals surface area contributed by atoms with Crippen molar-refractivity contribution in [1.29, 1.82) is 0 Å². The number of methoxy groups -OCH3 is 1. The zero-order chi connectivity index (χ0) is 13.1. The van der Waals surface area contributed by atoms with Crippen LogP contribution < -0.4 is 4.74 Å². The zero-order valence-electron chi connectivity index (χ0n) is 11.1. The molecular formula is C14H19NO3. The predicted molar refractivity (Wildman–Crippen MR) is 68.8 cm³/mol. The van der Waals surface area contributed by atoms with Crippen LogP contribution in [0.25, 0.3) is 0 Å². The third kappa shape index (κ3) is 2.48. The highest BCUT2D eigenvalue weighted by atomic mass is 16.5. The molecule has 18 heavy (non-hydrogen) atoms. The Morgan fingerprint density at radius 1 is 1.33 bits per heavy atom. The van der Waals surface area contributed by atoms with Crippen LogP contribution in [0.1, 0.15) is 29.8 Å². The molecule has 0 fully saturated rings. The first-order chi connectivity index (χ1) is 8.63. The monoisotopic (exact) mass is 249 g/mol. The Kier molecular flexibility index (Phi) is 3.87. The summed E-state index contributed by atoms with van der Waals surface area (Å²) in [5, 5.41) is 0. The third-order valence-corrected chi connectivity index (χ3v) is 3.09. The van der Waals surface area contributed by atoms with Crippen LogP contribution in [0.5, 0.6) is 5.75 Å². The van der Waals surface area contributed by atoms with E-state index >= 15 is 0 Å². The third-order valence-electron chi connectivity index (χ3n) is 3.09. The number of nitrogens with zero attached hydrogens (tertiary/aromatic N) is 1. The number of carbonyl (C=O) groups excluding carboxylic acids is 1. The molecule has 98 valence electrons. The highest BCUT2D eigenvalue weighted by molar-refractivity contribution is 5.98. The van der Waals surface area contributed by atoms with Crippen LogP contribution in [0.2, 0.25) is 0 Å². The van der Waals surface area contributed by atoms with Gasteiger partial charge in [-0.2, -0.15) is 0 Å². The highest BCUT2D eigenvalue weighted by Crippen LogP contribution is 2.27. The zero-order valence-corrected chi connectivity index (χ0v) is 11.1. The number of ether oxygens (including phenoxy) is 2. The predicted octanol–water partition coefficient (Wildman–Crippen LogP) is 2.08. The minimum atomic E-state index is 0.0946. The van der Waals surface area contributed by atoms with Gasteiger partial charge in [-0.3, -0.25) is 4.79 Å². The highest BCUT2D eigenvalue weighted by Gasteiger charge is 2.29. The molecule has 0 N–H and O–H groups in total. The second-order valence-corrected chi connectivity index (χ2v) is 4.69. The van der Waals surface area contributed by atoms with E-state index in [2.05, 4.69) is 0 Å². The van der Waals surface area contributed by atoms with E-state index in [0.29, 0.717) is 19.8 Å². The summed E-state index contributed by atoms with van der Waals surface area (Å²) >= 11 is 0. The Labute approximate surface area is 107 Å². The van der Waals surface area contributed by atoms with E-state index in [4.69, 9.17) is 9.47 Å². The first-order valence-electron chi connectivity index (χ1n) is 6.19. The molecule has 4 nitrogen and oxygen atoms in total. The Morgan fingerprint density at radius 2 is 2.11 bits per heavy atom. The quantitative estimate of drug-likeness (QED) is 0.750. The maximum absolute atomic E-state index is 12.2. The van der Waals surface area contributed by atoms with Crippen molar-refractivity contribution in [2.24, 2.45) is 0 Å². The fourth-order valence-corrected chi connectivity index (χ4v) is 2.05. The molecule has 2 rings (SSSR count). The van der Waals surface area contributed by atoms with Crippen molar-refractivity contribution in [2.75, 3.05) is 20.3 Å². The maximum Gasteiger partial charge on any atom is 0.254 e. The molecular weight excluding hydrogens is 230 g/mol. The summed E-state index contributed by atoms with van der Waals surface area (Å²) in [6.45, 7) is 5.80. The van der Waals surface area contributed by atoms with Gasteiger partial charge in [0.25, 0.3) is 5.91 Å². The molecule has 0 saturated carbocycles. The van der Waals surface area contributed by atoms with E-state index in [1.807, 2.05) is 36.9 Å². The second kappa shape index (κ2) is 5.40. The van der Waals surface area contributed by atoms with Gasteiger partial charge in [0.15, 0.2) is 0 Å². The molecule has 1 aliphatic rings. The van der Waals surface area contributed by atoms with E-state index in [1.165, 1.54) is 0 Å². The molecule has 0 bridgehead atoms. The summed E-state index contributed by atoms with van der Waals surface area (Å²) in [6, 6.07) is 5.93. The molecule has 1 heterocycles. The molecule has 1 amide bonds. The number of hydrogen-bond donors (Lipinski definition) is 0. The lowest BCUT2D eigenvalue weighted by Gasteiger charge is -2.19. The van der Waals surface area contributed by atoms with E-state index in [1.54, 1.807) is 7.11 Å². The topological polar surface area (TPSA) is 38.8 Å². The molecule has 0 spiro atoms. The molecule has 1 aliphatic heterocycles. The number of rotatable bonds is 5. The van der Waals surface area contributed by atoms with Crippen molar-refractivity contribution in [2.45, 2.75) is 26.4 Å². The minimum Gasteiger partial charge on any atom is -0.491 e. The number of carbonyl (C=O) groups is 1. The number of hydrogen-bond acceptors (Lipinski definition) is 3. The molecule has 0 unspecified atom stereocenters. The van der Waals surface area contributed by atoms with Crippen LogP contribution >= 0.6 is 0 Å². The molecule has 1 aromatic rings. The standard InChI is InChI=1S/C14H19NO3/c1-10(2)15-9-11-4-5-12(18-7-6-17-3)8-13(11)14(15)16/h4-5,8,10H,6-7,9H2,1-3H3. The van der Waals surface area contributed by atoms with E-state index in [0.717, 1.165) is 16.9 Å². The lowest BCUT2D eigenvalue weighted by molar-refractivity contribution is 0.0730. The van der Waals surface area contributed by atoms with E-state index < -0.39 is 0 Å². The SMILES string of the molecule is COCCOc1ccc2c(c1)C(=O)N(C(C)C)C2. The van der Waals surface area contributed by atoms with Gasteiger partial charge >= 0.3 is 0 Å². The minimum absolute atomic E-state index is 0.0946. The molecule has 1 aromatic carbocycles. The van der Waals surface area contributed by atoms with Crippen molar-refractivity contribution in [3.8, 4) is 5.75 Å². The van der Waals surface area contributed by atoms with Gasteiger partial charge in [0.05, 0.1) is 6.61 Å². The van der Waals surface area contributed by atoms with Gasteiger partial charge in [-0.15, -0.1) is 0 Å². The molecule has 0 saturated heterocycles. The van der Waals surface area contributed by atoms with E-state index in [9.17, 15) is 4.79 Å². The second-order valence-electron chi connectivity index (χ2n) is 4.69. The molecule has 4 heteroatoms. The summed E-state index contributed by atoms with van der Waals surface area (Å²) in [5.74, 6) is 0.821. The van der Waals surface area contributed by atoms with Crippen molar-refractivity contribution in [3.05, 3.63) is 29.3 Å². The first-order valence-corrected chi connectivity index (χ1v) is 6.19. The summed E-state index contributed by atoms with van der Waals surface area (Å²) in [7, 11) is 1.64. The summed E-state index contributed by atoms with van der Waals surface area (Å²) in [4.78, 5) is 14.0. The number of benzene rings is 1. The average molecular weight is 249 g/mol. The Hall–Kier alpha value is -1.55. The van der Waals surface area contributed by atoms with Gasteiger partial charge in [0, 0.05) is 25.3 Å². The van der Waals surface area contributed by atoms with Crippen molar-refractivity contribution in [3.63, 3.8) is 0 Å². The Balaban J connectivity index is 2.12. The van der Waals surface area contributed by atoms with Crippen LogP contribution in [-0.2, 0) is 11.3 Å². The fourth-order valence-electron chi connectivity index (χ4n) is 2.05. The fraction of sp³-hybridized carbons (Fsp3) is 0.500. The smallest absolute Gasteiger partial charge is 0.254 e. The molecule has 0 aliphatic carbocycles. The Morgan fingerprint density at radius 3 is 2.78 bits per heavy atom. The average Bonchev–Trinajstić information content (AvgIpc) is 2.67. The van der Waals surface area contributed by atoms with Crippen LogP contribution in [0.3, 0.4) is 0 Å². The molecule has 0 atom stereocenters. The normalized spacial score (nSPS) is 14.2. The largest absolute Gasteiger partial charge is 0.491 e. The molecule has 0 aromatic heterocycles. The molecule has 0 radical (unpaired) electrons. The van der Waals surface area contributed by atoms with Gasteiger partial charge in [-0.05, 0) is 31.5 Å². The lowest BCUT2D eigenvalue weighted by Crippen LogP contribution is -2.30. The van der Waals surface area contributed by atoms with Crippen LogP contribution in [0.4, 0.5) is 0 Å². The van der Waals surface area contributed by atoms with Crippen molar-refractivity contribution in [1.82, 2.24) is 4.90 Å². The van der Waals surface area contributed by atoms with Gasteiger partial charge in [-0.25, -0.2) is 0 Å². The summed E-state index contributed by atoms with van der Waals surface area (Å²) in [6.07, 6.45) is 0. The van der Waals surface area contributed by atoms with Crippen molar-refractivity contribution < 1.29 is 14.3 Å². The maximum atomic E-state index is 12.2. The van der Waals surface area contributed by atoms with Gasteiger partial charge in [0.1, 0.15) is 12.4 Å². The van der Waals surface area contributed by atoms with Gasteiger partial charge in [-0.1, -0.05) is 6.07 Å². The number of fused-ring (bicyclic) bond motifs is 1.